The van der Waals surface area contributed by atoms with Gasteiger partial charge in [-0.2, -0.15) is 0 Å². The first kappa shape index (κ1) is 23.4. The zero-order chi connectivity index (χ0) is 23.3. The van der Waals surface area contributed by atoms with Crippen molar-refractivity contribution in [1.82, 2.24) is 4.90 Å². The number of nitrogens with one attached hydrogen (secondary N) is 2. The minimum atomic E-state index is -3.73. The zero-order valence-corrected chi connectivity index (χ0v) is 20.2. The van der Waals surface area contributed by atoms with Gasteiger partial charge in [0, 0.05) is 41.0 Å². The molecule has 1 aliphatic heterocycles. The number of hydrogen-bond acceptors (Lipinski definition) is 5. The molecular formula is C24H24BrN3O4S. The van der Waals surface area contributed by atoms with E-state index in [1.165, 1.54) is 12.1 Å². The van der Waals surface area contributed by atoms with E-state index in [1.54, 1.807) is 42.5 Å². The number of carbonyl (C=O) groups is 1. The van der Waals surface area contributed by atoms with Crippen molar-refractivity contribution in [3.05, 3.63) is 88.4 Å². The predicted molar refractivity (Wildman–Crippen MR) is 132 cm³/mol. The van der Waals surface area contributed by atoms with E-state index in [4.69, 9.17) is 4.74 Å². The largest absolute Gasteiger partial charge is 0.379 e. The molecule has 0 atom stereocenters. The normalized spacial score (nSPS) is 14.6. The van der Waals surface area contributed by atoms with Crippen molar-refractivity contribution in [2.75, 3.05) is 36.3 Å². The van der Waals surface area contributed by atoms with E-state index in [2.05, 4.69) is 30.9 Å². The molecule has 0 unspecified atom stereocenters. The molecule has 3 aromatic rings. The summed E-state index contributed by atoms with van der Waals surface area (Å²) in [7, 11) is -3.73. The molecule has 4 rings (SSSR count). The minimum Gasteiger partial charge on any atom is -0.379 e. The Kier molecular flexibility index (Phi) is 7.44. The quantitative estimate of drug-likeness (QED) is 0.475. The third-order valence-electron chi connectivity index (χ3n) is 5.22. The molecule has 172 valence electrons. The SMILES string of the molecule is O=C(Nc1ccc(S(=O)(=O)Nc2ccc(Br)cc2)cc1)c1cccc(CN2CCOCC2)c1. The van der Waals surface area contributed by atoms with Crippen molar-refractivity contribution in [2.45, 2.75) is 11.4 Å². The predicted octanol–water partition coefficient (Wildman–Crippen LogP) is 4.33. The lowest BCUT2D eigenvalue weighted by Gasteiger charge is -2.26. The van der Waals surface area contributed by atoms with Crippen molar-refractivity contribution in [3.8, 4) is 0 Å². The molecule has 2 N–H and O–H groups in total. The van der Waals surface area contributed by atoms with Crippen LogP contribution in [0.5, 0.6) is 0 Å². The lowest BCUT2D eigenvalue weighted by Crippen LogP contribution is -2.35. The van der Waals surface area contributed by atoms with Crippen molar-refractivity contribution in [1.29, 1.82) is 0 Å². The Labute approximate surface area is 201 Å². The highest BCUT2D eigenvalue weighted by atomic mass is 79.9. The molecule has 0 aromatic heterocycles. The second-order valence-corrected chi connectivity index (χ2v) is 10.3. The summed E-state index contributed by atoms with van der Waals surface area (Å²) in [5.41, 5.74) is 2.59. The highest BCUT2D eigenvalue weighted by Gasteiger charge is 2.15. The van der Waals surface area contributed by atoms with Crippen LogP contribution < -0.4 is 10.0 Å². The Bertz CT molecular complexity index is 1210. The van der Waals surface area contributed by atoms with E-state index in [9.17, 15) is 13.2 Å². The maximum atomic E-state index is 12.7. The van der Waals surface area contributed by atoms with Gasteiger partial charge in [0.05, 0.1) is 18.1 Å². The second-order valence-electron chi connectivity index (χ2n) is 7.68. The molecule has 1 saturated heterocycles. The van der Waals surface area contributed by atoms with Crippen LogP contribution in [0.25, 0.3) is 0 Å². The summed E-state index contributed by atoms with van der Waals surface area (Å²) in [6.07, 6.45) is 0. The van der Waals surface area contributed by atoms with Gasteiger partial charge in [0.25, 0.3) is 15.9 Å². The number of rotatable bonds is 7. The Morgan fingerprint density at radius 3 is 2.30 bits per heavy atom. The number of halogens is 1. The highest BCUT2D eigenvalue weighted by Crippen LogP contribution is 2.20. The summed E-state index contributed by atoms with van der Waals surface area (Å²) in [6.45, 7) is 3.97. The number of carbonyl (C=O) groups excluding carboxylic acids is 1. The molecule has 3 aromatic carbocycles. The molecule has 1 aliphatic rings. The fraction of sp³-hybridized carbons (Fsp3) is 0.208. The fourth-order valence-electron chi connectivity index (χ4n) is 3.48. The molecule has 33 heavy (non-hydrogen) atoms. The van der Waals surface area contributed by atoms with E-state index in [0.717, 1.165) is 42.9 Å². The van der Waals surface area contributed by atoms with E-state index in [0.29, 0.717) is 16.9 Å². The van der Waals surface area contributed by atoms with Crippen LogP contribution in [0.15, 0.2) is 82.2 Å². The number of amides is 1. The number of nitrogens with zero attached hydrogens (tertiary/aromatic N) is 1. The van der Waals surface area contributed by atoms with E-state index in [-0.39, 0.29) is 10.8 Å². The van der Waals surface area contributed by atoms with Gasteiger partial charge >= 0.3 is 0 Å². The Morgan fingerprint density at radius 2 is 1.61 bits per heavy atom. The van der Waals surface area contributed by atoms with Crippen LogP contribution in [0, 0.1) is 0 Å². The van der Waals surface area contributed by atoms with Crippen LogP contribution in [0.3, 0.4) is 0 Å². The Balaban J connectivity index is 1.39. The van der Waals surface area contributed by atoms with Crippen LogP contribution in [0.4, 0.5) is 11.4 Å². The number of sulfonamides is 1. The van der Waals surface area contributed by atoms with Gasteiger partial charge in [-0.05, 0) is 66.2 Å². The Hall–Kier alpha value is -2.72. The molecule has 7 nitrogen and oxygen atoms in total. The molecule has 1 heterocycles. The maximum Gasteiger partial charge on any atom is 0.261 e. The monoisotopic (exact) mass is 529 g/mol. The van der Waals surface area contributed by atoms with Crippen LogP contribution in [0.1, 0.15) is 15.9 Å². The zero-order valence-electron chi connectivity index (χ0n) is 17.8. The number of morpholine rings is 1. The number of anilines is 2. The van der Waals surface area contributed by atoms with Gasteiger partial charge in [-0.1, -0.05) is 28.1 Å². The number of benzene rings is 3. The van der Waals surface area contributed by atoms with Gasteiger partial charge < -0.3 is 10.1 Å². The average Bonchev–Trinajstić information content (AvgIpc) is 2.82. The van der Waals surface area contributed by atoms with Crippen molar-refractivity contribution in [2.24, 2.45) is 0 Å². The van der Waals surface area contributed by atoms with E-state index < -0.39 is 10.0 Å². The molecule has 0 spiro atoms. The fourth-order valence-corrected chi connectivity index (χ4v) is 4.80. The first-order chi connectivity index (χ1) is 15.9. The van der Waals surface area contributed by atoms with Crippen LogP contribution >= 0.6 is 15.9 Å². The summed E-state index contributed by atoms with van der Waals surface area (Å²) in [6, 6.07) is 20.4. The molecule has 0 aliphatic carbocycles. The lowest BCUT2D eigenvalue weighted by molar-refractivity contribution is 0.0342. The summed E-state index contributed by atoms with van der Waals surface area (Å²) in [4.78, 5) is 15.1. The maximum absolute atomic E-state index is 12.7. The first-order valence-electron chi connectivity index (χ1n) is 10.5. The molecule has 0 bridgehead atoms. The second kappa shape index (κ2) is 10.5. The average molecular weight is 530 g/mol. The lowest BCUT2D eigenvalue weighted by atomic mass is 10.1. The minimum absolute atomic E-state index is 0.107. The third-order valence-corrected chi connectivity index (χ3v) is 7.14. The number of ether oxygens (including phenoxy) is 1. The van der Waals surface area contributed by atoms with Crippen molar-refractivity contribution >= 4 is 43.2 Å². The van der Waals surface area contributed by atoms with Gasteiger partial charge in [0.2, 0.25) is 0 Å². The molecule has 1 amide bonds. The van der Waals surface area contributed by atoms with Gasteiger partial charge in [0.1, 0.15) is 0 Å². The van der Waals surface area contributed by atoms with Crippen LogP contribution in [0.2, 0.25) is 0 Å². The first-order valence-corrected chi connectivity index (χ1v) is 12.8. The number of hydrogen-bond donors (Lipinski definition) is 2. The molecule has 9 heteroatoms. The van der Waals surface area contributed by atoms with Gasteiger partial charge in [-0.3, -0.25) is 14.4 Å². The summed E-state index contributed by atoms with van der Waals surface area (Å²) in [5, 5.41) is 2.83. The van der Waals surface area contributed by atoms with Crippen LogP contribution in [-0.4, -0.2) is 45.5 Å². The third kappa shape index (κ3) is 6.42. The van der Waals surface area contributed by atoms with Crippen molar-refractivity contribution < 1.29 is 17.9 Å². The summed E-state index contributed by atoms with van der Waals surface area (Å²) < 4.78 is 34.0. The highest BCUT2D eigenvalue weighted by molar-refractivity contribution is 9.10. The molecule has 0 saturated carbocycles. The summed E-state index contributed by atoms with van der Waals surface area (Å²) >= 11 is 3.32. The topological polar surface area (TPSA) is 87.7 Å². The molecule has 0 radical (unpaired) electrons. The van der Waals surface area contributed by atoms with Gasteiger partial charge in [-0.15, -0.1) is 0 Å². The standard InChI is InChI=1S/C24H24BrN3O4S/c25-20-4-6-22(7-5-20)27-33(30,31)23-10-8-21(9-11-23)26-24(29)19-3-1-2-18(16-19)17-28-12-14-32-15-13-28/h1-11,16,27H,12-15,17H2,(H,26,29). The smallest absolute Gasteiger partial charge is 0.261 e. The van der Waals surface area contributed by atoms with E-state index in [1.807, 2.05) is 18.2 Å². The van der Waals surface area contributed by atoms with Gasteiger partial charge in [-0.25, -0.2) is 8.42 Å². The Morgan fingerprint density at radius 1 is 0.939 bits per heavy atom. The van der Waals surface area contributed by atoms with Crippen LogP contribution in [-0.2, 0) is 21.3 Å². The molecular weight excluding hydrogens is 506 g/mol. The van der Waals surface area contributed by atoms with E-state index >= 15 is 0 Å². The van der Waals surface area contributed by atoms with Crippen molar-refractivity contribution in [3.63, 3.8) is 0 Å². The van der Waals surface area contributed by atoms with Gasteiger partial charge in [0.15, 0.2) is 0 Å². The molecule has 1 fully saturated rings. The summed E-state index contributed by atoms with van der Waals surface area (Å²) in [5.74, 6) is -0.248.